The Hall–Kier alpha value is -5.56. The lowest BCUT2D eigenvalue weighted by Crippen LogP contribution is -2.57. The molecule has 3 aliphatic heterocycles. The first-order chi connectivity index (χ1) is 26.4. The van der Waals surface area contributed by atoms with Crippen molar-refractivity contribution in [3.63, 3.8) is 0 Å². The van der Waals surface area contributed by atoms with E-state index >= 15 is 0 Å². The molecule has 3 aliphatic rings. The van der Waals surface area contributed by atoms with Gasteiger partial charge in [0.15, 0.2) is 5.75 Å². The minimum Gasteiger partial charge on any atom is -0.458 e. The summed E-state index contributed by atoms with van der Waals surface area (Å²) >= 11 is 0. The first kappa shape index (κ1) is 34.0. The highest BCUT2D eigenvalue weighted by Crippen LogP contribution is 2.44. The zero-order chi connectivity index (χ0) is 37.9. The Morgan fingerprint density at radius 1 is 0.618 bits per heavy atom. The number of benzene rings is 6. The monoisotopic (exact) mass is 720 g/mol. The molecule has 10 rings (SSSR count). The van der Waals surface area contributed by atoms with E-state index < -0.39 is 18.3 Å². The van der Waals surface area contributed by atoms with Gasteiger partial charge in [0.1, 0.15) is 28.6 Å². The lowest BCUT2D eigenvalue weighted by molar-refractivity contribution is 0.00578. The average molecular weight is 720 g/mol. The van der Waals surface area contributed by atoms with Crippen molar-refractivity contribution < 1.29 is 18.8 Å². The van der Waals surface area contributed by atoms with E-state index in [9.17, 15) is 0 Å². The molecule has 0 amide bonds. The lowest BCUT2D eigenvalue weighted by atomic mass is 9.35. The molecule has 55 heavy (non-hydrogen) atoms. The van der Waals surface area contributed by atoms with Gasteiger partial charge in [0.25, 0.3) is 6.71 Å². The van der Waals surface area contributed by atoms with Gasteiger partial charge in [-0.25, -0.2) is 4.98 Å². The molecule has 6 nitrogen and oxygen atoms in total. The van der Waals surface area contributed by atoms with E-state index in [2.05, 4.69) is 162 Å². The fourth-order valence-electron chi connectivity index (χ4n) is 8.27. The lowest BCUT2D eigenvalue weighted by Gasteiger charge is -2.33. The van der Waals surface area contributed by atoms with Crippen LogP contribution in [-0.4, -0.2) is 34.6 Å². The molecule has 1 fully saturated rings. The van der Waals surface area contributed by atoms with Crippen LogP contribution in [0, 0.1) is 0 Å². The van der Waals surface area contributed by atoms with Gasteiger partial charge in [-0.1, -0.05) is 118 Å². The third-order valence-corrected chi connectivity index (χ3v) is 11.9. The summed E-state index contributed by atoms with van der Waals surface area (Å²) in [6.07, 6.45) is 0. The summed E-state index contributed by atoms with van der Waals surface area (Å²) in [5.41, 5.74) is 10.3. The standard InChI is InChI=1S/C47H42B2N2O4/c1-45(2,3)31-24-25-37(33(27-31)29-16-9-8-10-17-29)51-42-36(50-44(51)30-18-15-19-32(26-30)49-54-46(4,5)47(6,7)55-49)28-40-41-43(42)53-39-23-14-12-21-35(39)48(41)34-20-11-13-22-38(34)52-40/h8-28H,1-7H3. The van der Waals surface area contributed by atoms with Gasteiger partial charge in [-0.05, 0) is 84.9 Å². The average Bonchev–Trinajstić information content (AvgIpc) is 3.66. The van der Waals surface area contributed by atoms with E-state index in [1.165, 1.54) is 5.56 Å². The Kier molecular flexibility index (Phi) is 7.39. The van der Waals surface area contributed by atoms with Crippen molar-refractivity contribution in [3.8, 4) is 51.2 Å². The molecular formula is C47H42B2N2O4. The summed E-state index contributed by atoms with van der Waals surface area (Å²) in [6, 6.07) is 44.7. The van der Waals surface area contributed by atoms with Crippen molar-refractivity contribution in [2.24, 2.45) is 0 Å². The molecule has 4 heterocycles. The second-order valence-electron chi connectivity index (χ2n) is 17.0. The molecule has 0 radical (unpaired) electrons. The zero-order valence-corrected chi connectivity index (χ0v) is 32.3. The number of hydrogen-bond donors (Lipinski definition) is 0. The molecule has 1 saturated heterocycles. The minimum atomic E-state index is -0.519. The van der Waals surface area contributed by atoms with Gasteiger partial charge in [-0.2, -0.15) is 0 Å². The highest BCUT2D eigenvalue weighted by molar-refractivity contribution is 6.98. The zero-order valence-electron chi connectivity index (χ0n) is 32.3. The number of imidazole rings is 1. The Labute approximate surface area is 323 Å². The maximum absolute atomic E-state index is 7.06. The van der Waals surface area contributed by atoms with Gasteiger partial charge in [-0.15, -0.1) is 0 Å². The van der Waals surface area contributed by atoms with Gasteiger partial charge < -0.3 is 18.8 Å². The van der Waals surface area contributed by atoms with Crippen LogP contribution in [0.3, 0.4) is 0 Å². The van der Waals surface area contributed by atoms with Crippen molar-refractivity contribution in [2.45, 2.75) is 65.1 Å². The van der Waals surface area contributed by atoms with Crippen molar-refractivity contribution in [1.82, 2.24) is 9.55 Å². The smallest absolute Gasteiger partial charge is 0.458 e. The summed E-state index contributed by atoms with van der Waals surface area (Å²) in [5, 5.41) is 0. The van der Waals surface area contributed by atoms with Crippen LogP contribution in [0.2, 0.25) is 0 Å². The number of hydrogen-bond acceptors (Lipinski definition) is 5. The molecule has 7 aromatic rings. The Bertz CT molecular complexity index is 2650. The predicted molar refractivity (Wildman–Crippen MR) is 224 cm³/mol. The molecule has 0 unspecified atom stereocenters. The van der Waals surface area contributed by atoms with Gasteiger partial charge in [0.05, 0.1) is 22.4 Å². The van der Waals surface area contributed by atoms with E-state index in [0.717, 1.165) is 84.1 Å². The first-order valence-electron chi connectivity index (χ1n) is 19.2. The predicted octanol–water partition coefficient (Wildman–Crippen LogP) is 8.68. The Balaban J connectivity index is 1.28. The summed E-state index contributed by atoms with van der Waals surface area (Å²) < 4.78 is 29.2. The molecule has 8 heteroatoms. The third kappa shape index (κ3) is 5.30. The van der Waals surface area contributed by atoms with Crippen LogP contribution in [0.5, 0.6) is 23.0 Å². The second kappa shape index (κ2) is 12.0. The van der Waals surface area contributed by atoms with Crippen molar-refractivity contribution in [1.29, 1.82) is 0 Å². The number of fused-ring (bicyclic) bond motifs is 6. The number of rotatable bonds is 4. The van der Waals surface area contributed by atoms with Crippen LogP contribution >= 0.6 is 0 Å². The van der Waals surface area contributed by atoms with Crippen LogP contribution in [-0.2, 0) is 14.7 Å². The fraction of sp³-hybridized carbons (Fsp3) is 0.213. The van der Waals surface area contributed by atoms with E-state index in [0.29, 0.717) is 0 Å². The van der Waals surface area contributed by atoms with Crippen molar-refractivity contribution >= 4 is 46.7 Å². The van der Waals surface area contributed by atoms with E-state index in [1.54, 1.807) is 0 Å². The third-order valence-electron chi connectivity index (χ3n) is 11.9. The number of aromatic nitrogens is 2. The topological polar surface area (TPSA) is 54.7 Å². The maximum atomic E-state index is 7.06. The molecule has 1 aromatic heterocycles. The molecule has 0 saturated carbocycles. The largest absolute Gasteiger partial charge is 0.494 e. The van der Waals surface area contributed by atoms with Gasteiger partial charge in [0.2, 0.25) is 0 Å². The highest BCUT2D eigenvalue weighted by Gasteiger charge is 2.52. The van der Waals surface area contributed by atoms with Crippen LogP contribution < -0.4 is 31.3 Å². The fourth-order valence-corrected chi connectivity index (χ4v) is 8.27. The Morgan fingerprint density at radius 3 is 1.95 bits per heavy atom. The van der Waals surface area contributed by atoms with E-state index in [1.807, 2.05) is 18.2 Å². The van der Waals surface area contributed by atoms with Gasteiger partial charge in [-0.3, -0.25) is 4.57 Å². The maximum Gasteiger partial charge on any atom is 0.494 e. The van der Waals surface area contributed by atoms with Crippen LogP contribution in [0.4, 0.5) is 0 Å². The molecule has 0 N–H and O–H groups in total. The molecular weight excluding hydrogens is 678 g/mol. The summed E-state index contributed by atoms with van der Waals surface area (Å²) in [7, 11) is -0.519. The van der Waals surface area contributed by atoms with E-state index in [-0.39, 0.29) is 12.1 Å². The second-order valence-corrected chi connectivity index (χ2v) is 17.0. The van der Waals surface area contributed by atoms with E-state index in [4.69, 9.17) is 23.8 Å². The summed E-state index contributed by atoms with van der Waals surface area (Å²) in [6.45, 7) is 15.0. The number of ether oxygens (including phenoxy) is 2. The van der Waals surface area contributed by atoms with Gasteiger partial charge >= 0.3 is 7.12 Å². The molecule has 6 aromatic carbocycles. The van der Waals surface area contributed by atoms with Gasteiger partial charge in [0, 0.05) is 22.7 Å². The van der Waals surface area contributed by atoms with Crippen molar-refractivity contribution in [3.05, 3.63) is 133 Å². The minimum absolute atomic E-state index is 0.0606. The van der Waals surface area contributed by atoms with Crippen LogP contribution in [0.1, 0.15) is 54.0 Å². The summed E-state index contributed by atoms with van der Waals surface area (Å²) in [4.78, 5) is 5.49. The van der Waals surface area contributed by atoms with Crippen LogP contribution in [0.25, 0.3) is 39.2 Å². The first-order valence-corrected chi connectivity index (χ1v) is 19.2. The SMILES string of the molecule is CC(C)(C)c1ccc(-n2c(-c3cccc(B4OC(C)(C)C(C)(C)O4)c3)nc3cc4c5c(c32)Oc2ccccc2B5c2ccccc2O4)c(-c2ccccc2)c1. The normalized spacial score (nSPS) is 16.3. The van der Waals surface area contributed by atoms with Crippen LogP contribution in [0.15, 0.2) is 127 Å². The molecule has 0 spiro atoms. The quantitative estimate of drug-likeness (QED) is 0.171. The Morgan fingerprint density at radius 2 is 1.25 bits per heavy atom. The molecule has 0 aliphatic carbocycles. The number of nitrogens with zero attached hydrogens (tertiary/aromatic N) is 2. The van der Waals surface area contributed by atoms with Crippen molar-refractivity contribution in [2.75, 3.05) is 0 Å². The molecule has 0 atom stereocenters. The number of para-hydroxylation sites is 2. The summed E-state index contributed by atoms with van der Waals surface area (Å²) in [5.74, 6) is 3.98. The highest BCUT2D eigenvalue weighted by atomic mass is 16.7. The molecule has 0 bridgehead atoms. The molecule has 270 valence electrons.